The average Bonchev–Trinajstić information content (AvgIpc) is 1.88. The standard InChI is InChI=1S/C7H14O3/c1-3-10-6-4-5(8)7(6)9-2/h5-8H,3-4H2,1-2H3. The van der Waals surface area contributed by atoms with Gasteiger partial charge in [0.05, 0.1) is 12.2 Å². The predicted octanol–water partition coefficient (Wildman–Crippen LogP) is 0.171. The molecule has 3 atom stereocenters. The van der Waals surface area contributed by atoms with Crippen LogP contribution < -0.4 is 0 Å². The second kappa shape index (κ2) is 3.32. The molecule has 1 N–H and O–H groups in total. The summed E-state index contributed by atoms with van der Waals surface area (Å²) in [5.74, 6) is 0. The van der Waals surface area contributed by atoms with E-state index < -0.39 is 0 Å². The molecular weight excluding hydrogens is 132 g/mol. The van der Waals surface area contributed by atoms with Crippen molar-refractivity contribution in [3.8, 4) is 0 Å². The zero-order valence-corrected chi connectivity index (χ0v) is 6.41. The van der Waals surface area contributed by atoms with Gasteiger partial charge in [0, 0.05) is 20.1 Å². The molecule has 0 bridgehead atoms. The van der Waals surface area contributed by atoms with Crippen molar-refractivity contribution in [2.75, 3.05) is 13.7 Å². The van der Waals surface area contributed by atoms with Crippen LogP contribution in [0, 0.1) is 0 Å². The Balaban J connectivity index is 2.23. The molecule has 0 saturated heterocycles. The topological polar surface area (TPSA) is 38.7 Å². The number of aliphatic hydroxyl groups is 1. The SMILES string of the molecule is CCOC1CC(O)C1OC. The van der Waals surface area contributed by atoms with Crippen molar-refractivity contribution < 1.29 is 14.6 Å². The third-order valence-corrected chi connectivity index (χ3v) is 1.87. The molecule has 60 valence electrons. The molecule has 0 aliphatic heterocycles. The first-order chi connectivity index (χ1) is 4.79. The van der Waals surface area contributed by atoms with Crippen molar-refractivity contribution in [1.29, 1.82) is 0 Å². The Morgan fingerprint density at radius 3 is 2.70 bits per heavy atom. The summed E-state index contributed by atoms with van der Waals surface area (Å²) >= 11 is 0. The fourth-order valence-electron chi connectivity index (χ4n) is 1.24. The van der Waals surface area contributed by atoms with Gasteiger partial charge in [-0.3, -0.25) is 0 Å². The van der Waals surface area contributed by atoms with E-state index in [1.165, 1.54) is 0 Å². The first-order valence-electron chi connectivity index (χ1n) is 3.62. The van der Waals surface area contributed by atoms with Gasteiger partial charge in [-0.15, -0.1) is 0 Å². The van der Waals surface area contributed by atoms with Crippen LogP contribution in [-0.4, -0.2) is 37.1 Å². The van der Waals surface area contributed by atoms with Gasteiger partial charge in [-0.25, -0.2) is 0 Å². The first-order valence-corrected chi connectivity index (χ1v) is 3.62. The lowest BCUT2D eigenvalue weighted by Gasteiger charge is -2.39. The van der Waals surface area contributed by atoms with E-state index in [2.05, 4.69) is 0 Å². The van der Waals surface area contributed by atoms with E-state index in [0.29, 0.717) is 13.0 Å². The van der Waals surface area contributed by atoms with Gasteiger partial charge in [0.15, 0.2) is 0 Å². The summed E-state index contributed by atoms with van der Waals surface area (Å²) in [6, 6.07) is 0. The van der Waals surface area contributed by atoms with Crippen LogP contribution in [0.3, 0.4) is 0 Å². The number of hydrogen-bond acceptors (Lipinski definition) is 3. The van der Waals surface area contributed by atoms with E-state index >= 15 is 0 Å². The van der Waals surface area contributed by atoms with Gasteiger partial charge in [0.25, 0.3) is 0 Å². The molecule has 1 aliphatic rings. The molecule has 3 nitrogen and oxygen atoms in total. The fraction of sp³-hybridized carbons (Fsp3) is 1.00. The summed E-state index contributed by atoms with van der Waals surface area (Å²) in [6.07, 6.45) is 0.415. The van der Waals surface area contributed by atoms with E-state index in [1.54, 1.807) is 7.11 Å². The quantitative estimate of drug-likeness (QED) is 0.617. The molecule has 0 aromatic heterocycles. The molecule has 0 radical (unpaired) electrons. The second-order valence-electron chi connectivity index (χ2n) is 2.50. The van der Waals surface area contributed by atoms with Crippen LogP contribution in [0.5, 0.6) is 0 Å². The van der Waals surface area contributed by atoms with Crippen molar-refractivity contribution in [1.82, 2.24) is 0 Å². The van der Waals surface area contributed by atoms with Crippen molar-refractivity contribution in [2.24, 2.45) is 0 Å². The molecule has 3 unspecified atom stereocenters. The molecule has 3 heteroatoms. The van der Waals surface area contributed by atoms with Crippen molar-refractivity contribution >= 4 is 0 Å². The highest BCUT2D eigenvalue weighted by molar-refractivity contribution is 4.91. The molecule has 10 heavy (non-hydrogen) atoms. The maximum atomic E-state index is 9.10. The van der Waals surface area contributed by atoms with E-state index in [-0.39, 0.29) is 18.3 Å². The lowest BCUT2D eigenvalue weighted by molar-refractivity contribution is -0.179. The molecule has 1 fully saturated rings. The van der Waals surface area contributed by atoms with Gasteiger partial charge in [-0.2, -0.15) is 0 Å². The average molecular weight is 146 g/mol. The lowest BCUT2D eigenvalue weighted by atomic mass is 9.88. The third kappa shape index (κ3) is 1.31. The van der Waals surface area contributed by atoms with Gasteiger partial charge < -0.3 is 14.6 Å². The monoisotopic (exact) mass is 146 g/mol. The Morgan fingerprint density at radius 1 is 1.60 bits per heavy atom. The van der Waals surface area contributed by atoms with Crippen LogP contribution >= 0.6 is 0 Å². The molecule has 1 aliphatic carbocycles. The predicted molar refractivity (Wildman–Crippen MR) is 36.8 cm³/mol. The number of ether oxygens (including phenoxy) is 2. The maximum absolute atomic E-state index is 9.10. The van der Waals surface area contributed by atoms with Crippen LogP contribution in [0.15, 0.2) is 0 Å². The van der Waals surface area contributed by atoms with E-state index in [1.807, 2.05) is 6.92 Å². The number of rotatable bonds is 3. The Bertz CT molecular complexity index is 103. The summed E-state index contributed by atoms with van der Waals surface area (Å²) < 4.78 is 10.3. The first kappa shape index (κ1) is 7.98. The summed E-state index contributed by atoms with van der Waals surface area (Å²) in [5, 5.41) is 9.10. The third-order valence-electron chi connectivity index (χ3n) is 1.87. The highest BCUT2D eigenvalue weighted by atomic mass is 16.5. The molecular formula is C7H14O3. The van der Waals surface area contributed by atoms with Crippen LogP contribution in [0.4, 0.5) is 0 Å². The minimum atomic E-state index is -0.318. The summed E-state index contributed by atoms with van der Waals surface area (Å²) in [7, 11) is 1.60. The van der Waals surface area contributed by atoms with Crippen LogP contribution in [0.1, 0.15) is 13.3 Å². The van der Waals surface area contributed by atoms with Crippen molar-refractivity contribution in [3.05, 3.63) is 0 Å². The molecule has 1 rings (SSSR count). The van der Waals surface area contributed by atoms with Crippen molar-refractivity contribution in [3.63, 3.8) is 0 Å². The van der Waals surface area contributed by atoms with Crippen molar-refractivity contribution in [2.45, 2.75) is 31.7 Å². The molecule has 0 spiro atoms. The Hall–Kier alpha value is -0.120. The molecule has 0 aromatic rings. The van der Waals surface area contributed by atoms with Gasteiger partial charge in [0.2, 0.25) is 0 Å². The Morgan fingerprint density at radius 2 is 2.30 bits per heavy atom. The van der Waals surface area contributed by atoms with Gasteiger partial charge >= 0.3 is 0 Å². The van der Waals surface area contributed by atoms with Crippen LogP contribution in [0.25, 0.3) is 0 Å². The fourth-order valence-corrected chi connectivity index (χ4v) is 1.24. The lowest BCUT2D eigenvalue weighted by Crippen LogP contribution is -2.53. The maximum Gasteiger partial charge on any atom is 0.109 e. The molecule has 0 heterocycles. The smallest absolute Gasteiger partial charge is 0.109 e. The zero-order valence-electron chi connectivity index (χ0n) is 6.41. The Labute approximate surface area is 60.9 Å². The summed E-state index contributed by atoms with van der Waals surface area (Å²) in [6.45, 7) is 2.63. The van der Waals surface area contributed by atoms with Gasteiger partial charge in [0.1, 0.15) is 6.10 Å². The van der Waals surface area contributed by atoms with Crippen LogP contribution in [-0.2, 0) is 9.47 Å². The second-order valence-corrected chi connectivity index (χ2v) is 2.50. The number of aliphatic hydroxyl groups excluding tert-OH is 1. The number of methoxy groups -OCH3 is 1. The summed E-state index contributed by atoms with van der Waals surface area (Å²) in [4.78, 5) is 0. The normalized spacial score (nSPS) is 39.3. The minimum absolute atomic E-state index is 0.0973. The highest BCUT2D eigenvalue weighted by Gasteiger charge is 2.40. The molecule has 1 saturated carbocycles. The largest absolute Gasteiger partial charge is 0.390 e. The van der Waals surface area contributed by atoms with E-state index in [9.17, 15) is 0 Å². The highest BCUT2D eigenvalue weighted by Crippen LogP contribution is 2.26. The van der Waals surface area contributed by atoms with E-state index in [4.69, 9.17) is 14.6 Å². The van der Waals surface area contributed by atoms with Gasteiger partial charge in [-0.1, -0.05) is 0 Å². The summed E-state index contributed by atoms with van der Waals surface area (Å²) in [5.41, 5.74) is 0. The molecule has 0 aromatic carbocycles. The van der Waals surface area contributed by atoms with Crippen LogP contribution in [0.2, 0.25) is 0 Å². The van der Waals surface area contributed by atoms with Gasteiger partial charge in [-0.05, 0) is 6.92 Å². The number of hydrogen-bond donors (Lipinski definition) is 1. The Kier molecular flexibility index (Phi) is 2.65. The molecule has 0 amide bonds. The minimum Gasteiger partial charge on any atom is -0.390 e. The zero-order chi connectivity index (χ0) is 7.56. The van der Waals surface area contributed by atoms with E-state index in [0.717, 1.165) is 0 Å².